The second-order valence-electron chi connectivity index (χ2n) is 4.57. The van der Waals surface area contributed by atoms with E-state index in [2.05, 4.69) is 22.4 Å². The van der Waals surface area contributed by atoms with Crippen LogP contribution in [0.2, 0.25) is 0 Å². The largest absolute Gasteiger partial charge is 0.339 e. The predicted molar refractivity (Wildman–Crippen MR) is 71.2 cm³/mol. The summed E-state index contributed by atoms with van der Waals surface area (Å²) in [6.07, 6.45) is 0. The maximum absolute atomic E-state index is 13.6. The first-order chi connectivity index (χ1) is 9.13. The van der Waals surface area contributed by atoms with Crippen molar-refractivity contribution >= 4 is 0 Å². The number of hydrogen-bond acceptors (Lipinski definition) is 4. The van der Waals surface area contributed by atoms with Gasteiger partial charge in [0.1, 0.15) is 5.82 Å². The second-order valence-corrected chi connectivity index (χ2v) is 4.57. The lowest BCUT2D eigenvalue weighted by molar-refractivity contribution is 0.332. The van der Waals surface area contributed by atoms with Gasteiger partial charge in [0, 0.05) is 6.04 Å². The van der Waals surface area contributed by atoms with Gasteiger partial charge in [-0.1, -0.05) is 31.1 Å². The SMILES string of the molecule is CCNC(C)C(C)c1nc(-c2ccccc2F)no1. The highest BCUT2D eigenvalue weighted by Crippen LogP contribution is 2.23. The lowest BCUT2D eigenvalue weighted by Gasteiger charge is -2.16. The number of rotatable bonds is 5. The molecule has 2 rings (SSSR count). The molecule has 1 heterocycles. The number of nitrogens with zero attached hydrogens (tertiary/aromatic N) is 2. The maximum Gasteiger partial charge on any atom is 0.231 e. The Morgan fingerprint density at radius 1 is 1.32 bits per heavy atom. The summed E-state index contributed by atoms with van der Waals surface area (Å²) >= 11 is 0. The molecule has 1 aromatic heterocycles. The summed E-state index contributed by atoms with van der Waals surface area (Å²) < 4.78 is 18.9. The smallest absolute Gasteiger partial charge is 0.231 e. The van der Waals surface area contributed by atoms with Crippen molar-refractivity contribution in [3.05, 3.63) is 36.0 Å². The highest BCUT2D eigenvalue weighted by atomic mass is 19.1. The van der Waals surface area contributed by atoms with Gasteiger partial charge in [-0.3, -0.25) is 0 Å². The predicted octanol–water partition coefficient (Wildman–Crippen LogP) is 2.98. The normalized spacial score (nSPS) is 14.3. The zero-order valence-electron chi connectivity index (χ0n) is 11.4. The second kappa shape index (κ2) is 5.93. The van der Waals surface area contributed by atoms with Crippen LogP contribution in [0.4, 0.5) is 4.39 Å². The fourth-order valence-electron chi connectivity index (χ4n) is 1.88. The average Bonchev–Trinajstić information content (AvgIpc) is 2.88. The molecule has 0 bridgehead atoms. The molecule has 0 radical (unpaired) electrons. The zero-order valence-corrected chi connectivity index (χ0v) is 11.4. The molecule has 0 saturated carbocycles. The van der Waals surface area contributed by atoms with E-state index >= 15 is 0 Å². The van der Waals surface area contributed by atoms with E-state index in [1.165, 1.54) is 6.07 Å². The summed E-state index contributed by atoms with van der Waals surface area (Å²) in [5.41, 5.74) is 0.362. The molecule has 0 aliphatic carbocycles. The standard InChI is InChI=1S/C14H18FN3O/c1-4-16-10(3)9(2)14-17-13(18-19-14)11-7-5-6-8-12(11)15/h5-10,16H,4H2,1-3H3. The molecule has 0 aliphatic rings. The van der Waals surface area contributed by atoms with E-state index in [0.717, 1.165) is 6.54 Å². The molecule has 0 fully saturated rings. The van der Waals surface area contributed by atoms with E-state index in [1.54, 1.807) is 18.2 Å². The number of likely N-dealkylation sites (N-methyl/N-ethyl adjacent to an activating group) is 1. The van der Waals surface area contributed by atoms with Crippen LogP contribution in [0.25, 0.3) is 11.4 Å². The Bertz CT molecular complexity index is 541. The summed E-state index contributed by atoms with van der Waals surface area (Å²) in [6, 6.07) is 6.63. The van der Waals surface area contributed by atoms with Crippen molar-refractivity contribution in [1.82, 2.24) is 15.5 Å². The highest BCUT2D eigenvalue weighted by Gasteiger charge is 2.21. The molecule has 1 aromatic carbocycles. The topological polar surface area (TPSA) is 51.0 Å². The molecule has 1 N–H and O–H groups in total. The van der Waals surface area contributed by atoms with Crippen LogP contribution in [0.1, 0.15) is 32.6 Å². The van der Waals surface area contributed by atoms with Crippen LogP contribution in [0.5, 0.6) is 0 Å². The third kappa shape index (κ3) is 2.98. The molecule has 0 spiro atoms. The van der Waals surface area contributed by atoms with Crippen LogP contribution in [-0.2, 0) is 0 Å². The Morgan fingerprint density at radius 2 is 2.05 bits per heavy atom. The molecular weight excluding hydrogens is 245 g/mol. The van der Waals surface area contributed by atoms with E-state index < -0.39 is 0 Å². The molecule has 5 heteroatoms. The first-order valence-corrected chi connectivity index (χ1v) is 6.45. The third-order valence-electron chi connectivity index (χ3n) is 3.22. The monoisotopic (exact) mass is 263 g/mol. The third-order valence-corrected chi connectivity index (χ3v) is 3.22. The van der Waals surface area contributed by atoms with Crippen molar-refractivity contribution < 1.29 is 8.91 Å². The van der Waals surface area contributed by atoms with Gasteiger partial charge in [-0.15, -0.1) is 0 Å². The van der Waals surface area contributed by atoms with Gasteiger partial charge in [0.05, 0.1) is 11.5 Å². The molecule has 4 nitrogen and oxygen atoms in total. The Hall–Kier alpha value is -1.75. The average molecular weight is 263 g/mol. The Labute approximate surface area is 112 Å². The van der Waals surface area contributed by atoms with E-state index in [-0.39, 0.29) is 17.8 Å². The van der Waals surface area contributed by atoms with Crippen molar-refractivity contribution in [3.8, 4) is 11.4 Å². The maximum atomic E-state index is 13.6. The van der Waals surface area contributed by atoms with Crippen molar-refractivity contribution in [2.75, 3.05) is 6.54 Å². The molecule has 0 aliphatic heterocycles. The van der Waals surface area contributed by atoms with Crippen LogP contribution in [-0.4, -0.2) is 22.7 Å². The van der Waals surface area contributed by atoms with Crippen molar-refractivity contribution in [2.24, 2.45) is 0 Å². The number of aromatic nitrogens is 2. The first kappa shape index (κ1) is 13.7. The van der Waals surface area contributed by atoms with Gasteiger partial charge in [0.2, 0.25) is 11.7 Å². The number of nitrogens with one attached hydrogen (secondary N) is 1. The fraction of sp³-hybridized carbons (Fsp3) is 0.429. The Kier molecular flexibility index (Phi) is 4.27. The number of benzene rings is 1. The summed E-state index contributed by atoms with van der Waals surface area (Å²) in [5.74, 6) is 0.547. The van der Waals surface area contributed by atoms with Crippen LogP contribution in [0.3, 0.4) is 0 Å². The zero-order chi connectivity index (χ0) is 13.8. The molecule has 0 amide bonds. The summed E-state index contributed by atoms with van der Waals surface area (Å²) in [5, 5.41) is 7.16. The quantitative estimate of drug-likeness (QED) is 0.901. The molecule has 102 valence electrons. The minimum atomic E-state index is -0.345. The van der Waals surface area contributed by atoms with Crippen LogP contribution in [0.15, 0.2) is 28.8 Å². The number of hydrogen-bond donors (Lipinski definition) is 1. The summed E-state index contributed by atoms with van der Waals surface area (Å²) in [4.78, 5) is 4.29. The van der Waals surface area contributed by atoms with Crippen LogP contribution < -0.4 is 5.32 Å². The van der Waals surface area contributed by atoms with Crippen LogP contribution in [0, 0.1) is 5.82 Å². The van der Waals surface area contributed by atoms with E-state index in [9.17, 15) is 4.39 Å². The van der Waals surface area contributed by atoms with Crippen molar-refractivity contribution in [1.29, 1.82) is 0 Å². The van der Waals surface area contributed by atoms with Gasteiger partial charge in [-0.05, 0) is 25.6 Å². The minimum absolute atomic E-state index is 0.0768. The summed E-state index contributed by atoms with van der Waals surface area (Å²) in [7, 11) is 0. The Morgan fingerprint density at radius 3 is 2.74 bits per heavy atom. The Balaban J connectivity index is 2.22. The molecular formula is C14H18FN3O. The van der Waals surface area contributed by atoms with E-state index in [4.69, 9.17) is 4.52 Å². The molecule has 0 saturated heterocycles. The molecule has 2 unspecified atom stereocenters. The lowest BCUT2D eigenvalue weighted by atomic mass is 10.0. The fourth-order valence-corrected chi connectivity index (χ4v) is 1.88. The van der Waals surface area contributed by atoms with Crippen molar-refractivity contribution in [2.45, 2.75) is 32.7 Å². The van der Waals surface area contributed by atoms with Gasteiger partial charge in [0.15, 0.2) is 0 Å². The highest BCUT2D eigenvalue weighted by molar-refractivity contribution is 5.54. The lowest BCUT2D eigenvalue weighted by Crippen LogP contribution is -2.30. The van der Waals surface area contributed by atoms with E-state index in [0.29, 0.717) is 17.3 Å². The van der Waals surface area contributed by atoms with E-state index in [1.807, 2.05) is 13.8 Å². The molecule has 2 aromatic rings. The number of halogens is 1. The van der Waals surface area contributed by atoms with Gasteiger partial charge >= 0.3 is 0 Å². The van der Waals surface area contributed by atoms with Gasteiger partial charge in [-0.25, -0.2) is 4.39 Å². The van der Waals surface area contributed by atoms with Gasteiger partial charge in [-0.2, -0.15) is 4.98 Å². The minimum Gasteiger partial charge on any atom is -0.339 e. The van der Waals surface area contributed by atoms with Gasteiger partial charge < -0.3 is 9.84 Å². The molecule has 19 heavy (non-hydrogen) atoms. The summed E-state index contributed by atoms with van der Waals surface area (Å²) in [6.45, 7) is 6.98. The first-order valence-electron chi connectivity index (χ1n) is 6.45. The molecule has 2 atom stereocenters. The van der Waals surface area contributed by atoms with Crippen LogP contribution >= 0.6 is 0 Å². The van der Waals surface area contributed by atoms with Gasteiger partial charge in [0.25, 0.3) is 0 Å². The van der Waals surface area contributed by atoms with Crippen molar-refractivity contribution in [3.63, 3.8) is 0 Å².